The van der Waals surface area contributed by atoms with Gasteiger partial charge in [-0.25, -0.2) is 0 Å². The molecule has 0 atom stereocenters. The number of ether oxygens (including phenoxy) is 1. The molecule has 17 heteroatoms. The van der Waals surface area contributed by atoms with Gasteiger partial charge in [0.05, 0.1) is 23.4 Å². The number of rotatable bonds is 9. The minimum Gasteiger partial charge on any atom is -0.505 e. The zero-order chi connectivity index (χ0) is 32.4. The molecule has 0 saturated heterocycles. The Kier molecular flexibility index (Phi) is 12.8. The van der Waals surface area contributed by atoms with Crippen molar-refractivity contribution >= 4 is 124 Å². The molecule has 4 N–H and O–H groups in total. The van der Waals surface area contributed by atoms with Crippen molar-refractivity contribution in [2.75, 3.05) is 12.4 Å². The van der Waals surface area contributed by atoms with Gasteiger partial charge in [0.15, 0.2) is 5.75 Å². The first-order chi connectivity index (χ1) is 21.3. The summed E-state index contributed by atoms with van der Waals surface area (Å²) < 4.78 is 71.7. The van der Waals surface area contributed by atoms with Crippen LogP contribution in [0.2, 0.25) is 0 Å². The maximum Gasteiger partial charge on any atom is 0.296 e. The number of aryl methyl sites for hydroxylation is 1. The van der Waals surface area contributed by atoms with E-state index in [2.05, 4.69) is 25.8 Å². The van der Waals surface area contributed by atoms with Crippen LogP contribution in [0.5, 0.6) is 11.5 Å². The predicted molar refractivity (Wildman–Crippen MR) is 179 cm³/mol. The van der Waals surface area contributed by atoms with Gasteiger partial charge in [0.2, 0.25) is 0 Å². The Bertz CT molecular complexity index is 2200. The summed E-state index contributed by atoms with van der Waals surface area (Å²) in [6.07, 6.45) is 0. The summed E-state index contributed by atoms with van der Waals surface area (Å²) in [5.41, 5.74) is 2.37. The number of aromatic hydroxyl groups is 1. The van der Waals surface area contributed by atoms with E-state index in [0.717, 1.165) is 5.69 Å². The molecular weight excluding hydrogens is 668 g/mol. The number of nitrogens with one attached hydrogen (secondary N) is 1. The van der Waals surface area contributed by atoms with Crippen LogP contribution in [0.1, 0.15) is 5.56 Å². The summed E-state index contributed by atoms with van der Waals surface area (Å²) in [4.78, 5) is -0.928. The van der Waals surface area contributed by atoms with Gasteiger partial charge in [-0.05, 0) is 84.6 Å². The summed E-state index contributed by atoms with van der Waals surface area (Å²) in [5, 5.41) is 31.2. The van der Waals surface area contributed by atoms with E-state index < -0.39 is 36.6 Å². The van der Waals surface area contributed by atoms with E-state index >= 15 is 0 Å². The minimum absolute atomic E-state index is 0. The number of anilines is 2. The molecule has 0 aliphatic heterocycles. The number of methoxy groups -OCH3 is 1. The molecule has 5 rings (SSSR count). The number of hydrogen-bond acceptors (Lipinski definition) is 11. The van der Waals surface area contributed by atoms with Crippen LogP contribution in [0.4, 0.5) is 34.1 Å². The number of fused-ring (bicyclic) bond motifs is 1. The molecule has 0 aliphatic carbocycles. The fourth-order valence-corrected chi connectivity index (χ4v) is 5.46. The molecule has 232 valence electrons. The van der Waals surface area contributed by atoms with E-state index in [1.807, 2.05) is 30.3 Å². The molecule has 0 amide bonds. The fourth-order valence-electron chi connectivity index (χ4n) is 4.32. The third-order valence-electron chi connectivity index (χ3n) is 6.55. The van der Waals surface area contributed by atoms with Crippen LogP contribution in [0.3, 0.4) is 0 Å². The van der Waals surface area contributed by atoms with Gasteiger partial charge in [-0.1, -0.05) is 18.2 Å². The van der Waals surface area contributed by atoms with Gasteiger partial charge in [0.1, 0.15) is 22.0 Å². The molecule has 5 aromatic rings. The van der Waals surface area contributed by atoms with Crippen molar-refractivity contribution in [2.24, 2.45) is 20.5 Å². The summed E-state index contributed by atoms with van der Waals surface area (Å²) in [5.74, 6) is -0.318. The van der Waals surface area contributed by atoms with Crippen LogP contribution in [-0.4, -0.2) is 97.3 Å². The second-order valence-electron chi connectivity index (χ2n) is 9.65. The van der Waals surface area contributed by atoms with Crippen LogP contribution in [0.15, 0.2) is 121 Å². The Hall–Kier alpha value is -3.22. The summed E-state index contributed by atoms with van der Waals surface area (Å²) in [7, 11) is -7.81. The number of phenols is 1. The molecule has 0 fully saturated rings. The van der Waals surface area contributed by atoms with Crippen molar-refractivity contribution in [2.45, 2.75) is 16.7 Å². The topological polar surface area (TPSA) is 200 Å². The molecule has 13 nitrogen and oxygen atoms in total. The van der Waals surface area contributed by atoms with Crippen LogP contribution in [-0.2, 0) is 20.2 Å². The number of azo groups is 2. The molecule has 0 heterocycles. The van der Waals surface area contributed by atoms with Crippen LogP contribution < -0.4 is 10.1 Å². The van der Waals surface area contributed by atoms with Gasteiger partial charge >= 0.3 is 0 Å². The quantitative estimate of drug-likeness (QED) is 0.0702. The first kappa shape index (κ1) is 38.2. The van der Waals surface area contributed by atoms with Crippen molar-refractivity contribution in [3.05, 3.63) is 96.6 Å². The Morgan fingerprint density at radius 3 is 1.98 bits per heavy atom. The van der Waals surface area contributed by atoms with Crippen molar-refractivity contribution in [3.63, 3.8) is 0 Å². The third kappa shape index (κ3) is 9.23. The molecule has 47 heavy (non-hydrogen) atoms. The summed E-state index contributed by atoms with van der Waals surface area (Å²) in [6.45, 7) is 1.70. The van der Waals surface area contributed by atoms with E-state index in [4.69, 9.17) is 9.29 Å². The van der Waals surface area contributed by atoms with E-state index in [0.29, 0.717) is 28.0 Å². The molecule has 2 radical (unpaired) electrons. The molecule has 0 saturated carbocycles. The third-order valence-corrected chi connectivity index (χ3v) is 8.29. The largest absolute Gasteiger partial charge is 0.505 e. The predicted octanol–water partition coefficient (Wildman–Crippen LogP) is 7.17. The summed E-state index contributed by atoms with van der Waals surface area (Å²) >= 11 is 0. The molecular formula is C30H25N5Na2O8S2. The first-order valence-electron chi connectivity index (χ1n) is 13.0. The number of phenolic OH excluding ortho intramolecular Hbond substituents is 1. The van der Waals surface area contributed by atoms with Crippen LogP contribution in [0.25, 0.3) is 10.8 Å². The Morgan fingerprint density at radius 1 is 0.702 bits per heavy atom. The van der Waals surface area contributed by atoms with Crippen molar-refractivity contribution in [1.29, 1.82) is 0 Å². The maximum absolute atomic E-state index is 12.4. The van der Waals surface area contributed by atoms with Crippen molar-refractivity contribution < 1.29 is 35.8 Å². The molecule has 5 aromatic carbocycles. The van der Waals surface area contributed by atoms with E-state index in [1.165, 1.54) is 43.5 Å². The molecule has 0 bridgehead atoms. The SMILES string of the molecule is COc1cc(N=Nc2ccc(S(=O)(=O)O)cc2)c(C)cc1N=Nc1c(S(=O)(=O)O)cc2cc(Nc3ccccc3)ccc2c1O.[Na].[Na]. The summed E-state index contributed by atoms with van der Waals surface area (Å²) in [6, 6.07) is 23.6. The van der Waals surface area contributed by atoms with Crippen molar-refractivity contribution in [3.8, 4) is 11.5 Å². The Labute approximate surface area is 314 Å². The van der Waals surface area contributed by atoms with Gasteiger partial charge in [0.25, 0.3) is 20.2 Å². The first-order valence-corrected chi connectivity index (χ1v) is 15.9. The normalized spacial score (nSPS) is 11.7. The number of para-hydroxylation sites is 1. The maximum atomic E-state index is 12.4. The zero-order valence-corrected chi connectivity index (χ0v) is 31.3. The van der Waals surface area contributed by atoms with Gasteiger partial charge < -0.3 is 15.2 Å². The fraction of sp³-hybridized carbons (Fsp3) is 0.0667. The van der Waals surface area contributed by atoms with Gasteiger partial charge in [-0.15, -0.1) is 10.2 Å². The average Bonchev–Trinajstić information content (AvgIpc) is 2.99. The minimum atomic E-state index is -4.84. The molecule has 0 unspecified atom stereocenters. The smallest absolute Gasteiger partial charge is 0.296 e. The molecule has 0 spiro atoms. The second kappa shape index (κ2) is 15.8. The van der Waals surface area contributed by atoms with E-state index in [1.54, 1.807) is 31.2 Å². The molecule has 0 aromatic heterocycles. The van der Waals surface area contributed by atoms with Crippen LogP contribution >= 0.6 is 0 Å². The van der Waals surface area contributed by atoms with Gasteiger partial charge in [0, 0.05) is 81.9 Å². The number of hydrogen-bond donors (Lipinski definition) is 4. The van der Waals surface area contributed by atoms with E-state index in [-0.39, 0.29) is 80.8 Å². The Morgan fingerprint density at radius 2 is 1.36 bits per heavy atom. The van der Waals surface area contributed by atoms with E-state index in [9.17, 15) is 26.5 Å². The number of benzene rings is 5. The Balaban J connectivity index is 0.00000300. The monoisotopic (exact) mass is 693 g/mol. The average molecular weight is 694 g/mol. The second-order valence-corrected chi connectivity index (χ2v) is 12.5. The van der Waals surface area contributed by atoms with Crippen molar-refractivity contribution in [1.82, 2.24) is 0 Å². The number of nitrogens with zero attached hydrogens (tertiary/aromatic N) is 4. The standard InChI is InChI=1S/C30H25N5O8S2.2Na/c1-18-14-26(27(43-2)17-25(18)33-32-21-8-11-23(12-9-21)44(37,38)39)34-35-29-28(45(40,41)42)16-19-15-22(10-13-24(19)30(29)36)31-20-6-4-3-5-7-20;;/h3-17,31,36H,1-2H3,(H,37,38,39)(H,40,41,42);;. The van der Waals surface area contributed by atoms with Crippen LogP contribution in [0, 0.1) is 6.92 Å². The zero-order valence-electron chi connectivity index (χ0n) is 25.6. The molecule has 0 aliphatic rings. The van der Waals surface area contributed by atoms with Gasteiger partial charge in [-0.2, -0.15) is 27.1 Å². The van der Waals surface area contributed by atoms with Gasteiger partial charge in [-0.3, -0.25) is 9.11 Å².